The summed E-state index contributed by atoms with van der Waals surface area (Å²) in [5, 5.41) is 11.1. The Balaban J connectivity index is 1.47. The molecule has 1 aliphatic carbocycles. The van der Waals surface area contributed by atoms with E-state index in [0.717, 1.165) is 72.2 Å². The molecule has 5 rings (SSSR count). The van der Waals surface area contributed by atoms with Gasteiger partial charge in [-0.25, -0.2) is 9.37 Å². The van der Waals surface area contributed by atoms with Crippen molar-refractivity contribution < 1.29 is 14.3 Å². The van der Waals surface area contributed by atoms with Crippen LogP contribution in [0.15, 0.2) is 48.5 Å². The Labute approximate surface area is 193 Å². The lowest BCUT2D eigenvalue weighted by Crippen LogP contribution is -2.38. The summed E-state index contributed by atoms with van der Waals surface area (Å²) in [4.78, 5) is 22.6. The van der Waals surface area contributed by atoms with Gasteiger partial charge in [0.25, 0.3) is 0 Å². The Morgan fingerprint density at radius 3 is 2.55 bits per heavy atom. The largest absolute Gasteiger partial charge is 0.393 e. The molecule has 33 heavy (non-hydrogen) atoms. The number of pyridine rings is 1. The summed E-state index contributed by atoms with van der Waals surface area (Å²) in [6.07, 6.45) is 3.49. The molecule has 6 heteroatoms. The van der Waals surface area contributed by atoms with E-state index >= 15 is 0 Å². The minimum absolute atomic E-state index is 0.0634. The van der Waals surface area contributed by atoms with Gasteiger partial charge in [-0.3, -0.25) is 4.79 Å². The Kier molecular flexibility index (Phi) is 6.02. The fourth-order valence-corrected chi connectivity index (χ4v) is 4.72. The summed E-state index contributed by atoms with van der Waals surface area (Å²) in [5.41, 5.74) is 3.98. The van der Waals surface area contributed by atoms with Crippen molar-refractivity contribution >= 4 is 22.6 Å². The minimum Gasteiger partial charge on any atom is -0.393 e. The highest BCUT2D eigenvalue weighted by molar-refractivity contribution is 5.85. The van der Waals surface area contributed by atoms with E-state index in [-0.39, 0.29) is 30.3 Å². The molecule has 0 atom stereocenters. The second-order valence-corrected chi connectivity index (χ2v) is 9.39. The number of hydrogen-bond acceptors (Lipinski definition) is 4. The predicted molar refractivity (Wildman–Crippen MR) is 128 cm³/mol. The van der Waals surface area contributed by atoms with Crippen LogP contribution in [-0.2, 0) is 17.8 Å². The van der Waals surface area contributed by atoms with Gasteiger partial charge in [-0.05, 0) is 61.9 Å². The zero-order valence-corrected chi connectivity index (χ0v) is 19.0. The Morgan fingerprint density at radius 1 is 1.12 bits per heavy atom. The molecular weight excluding hydrogens is 417 g/mol. The topological polar surface area (TPSA) is 56.7 Å². The molecule has 0 spiro atoms. The monoisotopic (exact) mass is 447 g/mol. The fourth-order valence-electron chi connectivity index (χ4n) is 4.72. The first-order valence-corrected chi connectivity index (χ1v) is 11.8. The van der Waals surface area contributed by atoms with Crippen LogP contribution in [0.1, 0.15) is 42.4 Å². The predicted octanol–water partition coefficient (Wildman–Crippen LogP) is 4.38. The zero-order chi connectivity index (χ0) is 22.9. The Morgan fingerprint density at radius 2 is 1.85 bits per heavy atom. The van der Waals surface area contributed by atoms with E-state index in [2.05, 4.69) is 30.0 Å². The first-order chi connectivity index (χ1) is 16.0. The van der Waals surface area contributed by atoms with E-state index in [9.17, 15) is 14.3 Å². The molecule has 2 aromatic carbocycles. The van der Waals surface area contributed by atoms with Gasteiger partial charge in [-0.2, -0.15) is 0 Å². The molecule has 2 aliphatic rings. The molecule has 1 amide bonds. The van der Waals surface area contributed by atoms with Crippen molar-refractivity contribution in [3.05, 3.63) is 71.0 Å². The van der Waals surface area contributed by atoms with Gasteiger partial charge >= 0.3 is 0 Å². The van der Waals surface area contributed by atoms with Gasteiger partial charge in [0.05, 0.1) is 18.0 Å². The molecule has 2 fully saturated rings. The molecule has 0 radical (unpaired) electrons. The maximum absolute atomic E-state index is 13.3. The SMILES string of the molecule is Cc1cccc2cc(CN(C(=O)Cc3ccc(F)cc3)C3CC3)c(N3CCC(O)CC3)nc12. The van der Waals surface area contributed by atoms with E-state index < -0.39 is 0 Å². The summed E-state index contributed by atoms with van der Waals surface area (Å²) in [6.45, 7) is 4.09. The van der Waals surface area contributed by atoms with Crippen molar-refractivity contribution in [2.75, 3.05) is 18.0 Å². The summed E-state index contributed by atoms with van der Waals surface area (Å²) in [5.74, 6) is 0.691. The number of rotatable bonds is 6. The lowest BCUT2D eigenvalue weighted by atomic mass is 10.0. The van der Waals surface area contributed by atoms with Crippen LogP contribution in [0.2, 0.25) is 0 Å². The van der Waals surface area contributed by atoms with Crippen LogP contribution >= 0.6 is 0 Å². The smallest absolute Gasteiger partial charge is 0.227 e. The van der Waals surface area contributed by atoms with Crippen LogP contribution in [0, 0.1) is 12.7 Å². The lowest BCUT2D eigenvalue weighted by molar-refractivity contribution is -0.131. The maximum atomic E-state index is 13.3. The number of piperidine rings is 1. The molecular formula is C27H30FN3O2. The Hall–Kier alpha value is -2.99. The van der Waals surface area contributed by atoms with E-state index in [4.69, 9.17) is 4.98 Å². The number of aromatic nitrogens is 1. The zero-order valence-electron chi connectivity index (χ0n) is 19.0. The molecule has 1 saturated carbocycles. The number of nitrogens with zero attached hydrogens (tertiary/aromatic N) is 3. The first-order valence-electron chi connectivity index (χ1n) is 11.8. The highest BCUT2D eigenvalue weighted by Crippen LogP contribution is 2.33. The van der Waals surface area contributed by atoms with Gasteiger partial charge in [-0.15, -0.1) is 0 Å². The van der Waals surface area contributed by atoms with Gasteiger partial charge in [0.2, 0.25) is 5.91 Å². The second kappa shape index (κ2) is 9.10. The third-order valence-electron chi connectivity index (χ3n) is 6.78. The number of halogens is 1. The molecule has 5 nitrogen and oxygen atoms in total. The van der Waals surface area contributed by atoms with Crippen molar-refractivity contribution in [3.8, 4) is 0 Å². The number of hydrogen-bond donors (Lipinski definition) is 1. The maximum Gasteiger partial charge on any atom is 0.227 e. The molecule has 0 bridgehead atoms. The van der Waals surface area contributed by atoms with E-state index in [1.165, 1.54) is 12.1 Å². The molecule has 1 aromatic heterocycles. The van der Waals surface area contributed by atoms with Crippen molar-refractivity contribution in [2.45, 2.75) is 57.7 Å². The van der Waals surface area contributed by atoms with Gasteiger partial charge in [0.15, 0.2) is 0 Å². The fraction of sp³-hybridized carbons (Fsp3) is 0.407. The number of benzene rings is 2. The molecule has 1 saturated heterocycles. The van der Waals surface area contributed by atoms with E-state index in [1.807, 2.05) is 11.0 Å². The first kappa shape index (κ1) is 21.8. The third kappa shape index (κ3) is 4.86. The number of carbonyl (C=O) groups excluding carboxylic acids is 1. The summed E-state index contributed by atoms with van der Waals surface area (Å²) in [6, 6.07) is 14.8. The number of amides is 1. The van der Waals surface area contributed by atoms with E-state index in [1.54, 1.807) is 12.1 Å². The number of para-hydroxylation sites is 1. The van der Waals surface area contributed by atoms with Crippen LogP contribution in [0.4, 0.5) is 10.2 Å². The summed E-state index contributed by atoms with van der Waals surface area (Å²) < 4.78 is 13.3. The highest BCUT2D eigenvalue weighted by Gasteiger charge is 2.33. The number of anilines is 1. The Bertz CT molecular complexity index is 1150. The molecule has 1 N–H and O–H groups in total. The minimum atomic E-state index is -0.293. The number of aliphatic hydroxyl groups excluding tert-OH is 1. The molecule has 3 aromatic rings. The molecule has 0 unspecified atom stereocenters. The number of aliphatic hydroxyl groups is 1. The van der Waals surface area contributed by atoms with Crippen molar-refractivity contribution in [2.24, 2.45) is 0 Å². The van der Waals surface area contributed by atoms with Crippen molar-refractivity contribution in [1.29, 1.82) is 0 Å². The standard InChI is InChI=1S/C27H30FN3O2/c1-18-3-2-4-20-16-21(27(29-26(18)20)30-13-11-24(32)12-14-30)17-31(23-9-10-23)25(33)15-19-5-7-22(28)8-6-19/h2-8,16,23-24,32H,9-15,17H2,1H3. The van der Waals surface area contributed by atoms with Gasteiger partial charge in [-0.1, -0.05) is 30.3 Å². The van der Waals surface area contributed by atoms with Crippen LogP contribution in [0.25, 0.3) is 10.9 Å². The van der Waals surface area contributed by atoms with Crippen LogP contribution in [0.3, 0.4) is 0 Å². The van der Waals surface area contributed by atoms with Gasteiger partial charge < -0.3 is 14.9 Å². The number of fused-ring (bicyclic) bond motifs is 1. The van der Waals surface area contributed by atoms with E-state index in [0.29, 0.717) is 6.54 Å². The van der Waals surface area contributed by atoms with Crippen molar-refractivity contribution in [3.63, 3.8) is 0 Å². The molecule has 1 aliphatic heterocycles. The summed E-state index contributed by atoms with van der Waals surface area (Å²) >= 11 is 0. The normalized spacial score (nSPS) is 16.9. The number of carbonyl (C=O) groups is 1. The molecule has 172 valence electrons. The molecule has 2 heterocycles. The van der Waals surface area contributed by atoms with Crippen LogP contribution < -0.4 is 4.90 Å². The highest BCUT2D eigenvalue weighted by atomic mass is 19.1. The van der Waals surface area contributed by atoms with Gasteiger partial charge in [0.1, 0.15) is 11.6 Å². The van der Waals surface area contributed by atoms with Gasteiger partial charge in [0, 0.05) is 36.6 Å². The average molecular weight is 448 g/mol. The quantitative estimate of drug-likeness (QED) is 0.609. The van der Waals surface area contributed by atoms with Crippen LogP contribution in [0.5, 0.6) is 0 Å². The second-order valence-electron chi connectivity index (χ2n) is 9.39. The lowest BCUT2D eigenvalue weighted by Gasteiger charge is -2.33. The average Bonchev–Trinajstić information content (AvgIpc) is 3.65. The van der Waals surface area contributed by atoms with Crippen LogP contribution in [-0.4, -0.2) is 46.1 Å². The number of aryl methyl sites for hydroxylation is 1. The summed E-state index contributed by atoms with van der Waals surface area (Å²) in [7, 11) is 0. The van der Waals surface area contributed by atoms with Crippen molar-refractivity contribution in [1.82, 2.24) is 9.88 Å². The third-order valence-corrected chi connectivity index (χ3v) is 6.78.